The molecule has 12 heteroatoms. The van der Waals surface area contributed by atoms with Crippen LogP contribution in [0.2, 0.25) is 0 Å². The van der Waals surface area contributed by atoms with Crippen molar-refractivity contribution in [3.05, 3.63) is 74.7 Å². The quantitative estimate of drug-likeness (QED) is 0.402. The van der Waals surface area contributed by atoms with Gasteiger partial charge < -0.3 is 19.7 Å². The van der Waals surface area contributed by atoms with Gasteiger partial charge in [0, 0.05) is 36.5 Å². The molecule has 2 bridgehead atoms. The second kappa shape index (κ2) is 11.4. The fourth-order valence-electron chi connectivity index (χ4n) is 4.79. The summed E-state index contributed by atoms with van der Waals surface area (Å²) in [5.74, 6) is -5.07. The van der Waals surface area contributed by atoms with Crippen LogP contribution in [0.4, 0.5) is 13.2 Å². The van der Waals surface area contributed by atoms with Crippen LogP contribution >= 0.6 is 0 Å². The van der Waals surface area contributed by atoms with Gasteiger partial charge in [0.15, 0.2) is 11.4 Å². The number of aromatic nitrogens is 1. The summed E-state index contributed by atoms with van der Waals surface area (Å²) >= 11 is 0. The largest absolute Gasteiger partial charge is 0.504 e. The average Bonchev–Trinajstić information content (AvgIpc) is 2.98. The van der Waals surface area contributed by atoms with E-state index in [0.29, 0.717) is 25.0 Å². The molecule has 0 spiro atoms. The van der Waals surface area contributed by atoms with E-state index in [4.69, 9.17) is 9.47 Å². The highest BCUT2D eigenvalue weighted by atomic mass is 19.1. The summed E-state index contributed by atoms with van der Waals surface area (Å²) in [6.07, 6.45) is 4.77. The lowest BCUT2D eigenvalue weighted by atomic mass is 10.0. The molecular weight excluding hydrogens is 517 g/mol. The highest BCUT2D eigenvalue weighted by Gasteiger charge is 2.42. The third-order valence-corrected chi connectivity index (χ3v) is 7.02. The number of nitrogens with zero attached hydrogens (tertiary/aromatic N) is 3. The van der Waals surface area contributed by atoms with Crippen molar-refractivity contribution in [3.63, 3.8) is 0 Å². The van der Waals surface area contributed by atoms with Gasteiger partial charge in [0.05, 0.1) is 26.0 Å². The Morgan fingerprint density at radius 2 is 1.87 bits per heavy atom. The molecule has 1 aromatic carbocycles. The van der Waals surface area contributed by atoms with E-state index in [9.17, 15) is 27.6 Å². The maximum atomic E-state index is 14.1. The van der Waals surface area contributed by atoms with Crippen molar-refractivity contribution in [3.8, 4) is 5.75 Å². The maximum absolute atomic E-state index is 14.1. The highest BCUT2D eigenvalue weighted by molar-refractivity contribution is 5.99. The minimum atomic E-state index is -1.17. The summed E-state index contributed by atoms with van der Waals surface area (Å²) < 4.78 is 54.0. The van der Waals surface area contributed by atoms with Gasteiger partial charge in [-0.1, -0.05) is 13.3 Å². The molecule has 0 saturated carbocycles. The fraction of sp³-hybridized carbons (Fsp3) is 0.444. The van der Waals surface area contributed by atoms with Crippen LogP contribution in [0.5, 0.6) is 5.75 Å². The topological polar surface area (TPSA) is 93.1 Å². The Bertz CT molecular complexity index is 1350. The van der Waals surface area contributed by atoms with E-state index in [0.717, 1.165) is 12.0 Å². The molecule has 3 heterocycles. The Kier molecular flexibility index (Phi) is 8.22. The van der Waals surface area contributed by atoms with Crippen molar-refractivity contribution in [1.82, 2.24) is 14.9 Å². The molecular formula is C27H31F3N4O5. The van der Waals surface area contributed by atoms with Gasteiger partial charge in [0.25, 0.3) is 11.8 Å². The highest BCUT2D eigenvalue weighted by Crippen LogP contribution is 2.32. The number of hydrogen-bond acceptors (Lipinski definition) is 6. The summed E-state index contributed by atoms with van der Waals surface area (Å²) in [4.78, 5) is 42.0. The molecule has 1 N–H and O–H groups in total. The number of methoxy groups -OCH3 is 1. The second-order valence-electron chi connectivity index (χ2n) is 9.64. The van der Waals surface area contributed by atoms with Gasteiger partial charge in [-0.2, -0.15) is 0 Å². The van der Waals surface area contributed by atoms with Gasteiger partial charge in [-0.25, -0.2) is 13.2 Å². The monoisotopic (exact) mass is 548 g/mol. The van der Waals surface area contributed by atoms with Gasteiger partial charge in [0.2, 0.25) is 5.43 Å². The number of carbonyl (C=O) groups excluding carboxylic acids is 2. The number of halogens is 3. The van der Waals surface area contributed by atoms with Crippen molar-refractivity contribution in [2.75, 3.05) is 25.4 Å². The van der Waals surface area contributed by atoms with E-state index < -0.39 is 46.8 Å². The van der Waals surface area contributed by atoms with Crippen LogP contribution in [0, 0.1) is 17.5 Å². The molecule has 1 saturated heterocycles. The molecule has 2 aliphatic rings. The minimum Gasteiger partial charge on any atom is -0.504 e. The Balaban J connectivity index is 1.78. The zero-order chi connectivity index (χ0) is 28.4. The van der Waals surface area contributed by atoms with Gasteiger partial charge in [-0.05, 0) is 32.3 Å². The third-order valence-electron chi connectivity index (χ3n) is 7.02. The smallest absolute Gasteiger partial charge is 0.278 e. The maximum Gasteiger partial charge on any atom is 0.278 e. The van der Waals surface area contributed by atoms with Crippen molar-refractivity contribution in [2.45, 2.75) is 58.7 Å². The average molecular weight is 549 g/mol. The number of ether oxygens (including phenoxy) is 2. The molecule has 39 heavy (non-hydrogen) atoms. The van der Waals surface area contributed by atoms with Crippen molar-refractivity contribution in [1.29, 1.82) is 0 Å². The summed E-state index contributed by atoms with van der Waals surface area (Å²) in [6, 6.07) is 0.517. The number of carbonyl (C=O) groups is 2. The molecule has 0 unspecified atom stereocenters. The molecule has 0 aliphatic carbocycles. The molecule has 0 radical (unpaired) electrons. The van der Waals surface area contributed by atoms with Crippen LogP contribution in [-0.2, 0) is 11.3 Å². The number of benzene rings is 1. The molecule has 2 aromatic rings. The summed E-state index contributed by atoms with van der Waals surface area (Å²) in [5.41, 5.74) is -0.872. The van der Waals surface area contributed by atoms with E-state index in [1.165, 1.54) is 18.0 Å². The van der Waals surface area contributed by atoms with E-state index in [-0.39, 0.29) is 42.4 Å². The molecule has 2 aliphatic heterocycles. The Morgan fingerprint density at radius 1 is 1.18 bits per heavy atom. The summed E-state index contributed by atoms with van der Waals surface area (Å²) in [7, 11) is 1.53. The number of nitrogens with one attached hydrogen (secondary N) is 1. The second-order valence-corrected chi connectivity index (χ2v) is 9.64. The normalized spacial score (nSPS) is 19.6. The van der Waals surface area contributed by atoms with Crippen molar-refractivity contribution >= 4 is 11.8 Å². The van der Waals surface area contributed by atoms with E-state index in [2.05, 4.69) is 5.32 Å². The number of hydrogen-bond donors (Lipinski definition) is 1. The lowest BCUT2D eigenvalue weighted by Crippen LogP contribution is -2.57. The number of fused-ring (bicyclic) bond motifs is 4. The number of rotatable bonds is 8. The molecule has 9 nitrogen and oxygen atoms in total. The fourth-order valence-corrected chi connectivity index (χ4v) is 4.79. The first kappa shape index (κ1) is 28.1. The first-order chi connectivity index (χ1) is 18.6. The van der Waals surface area contributed by atoms with E-state index >= 15 is 0 Å². The Morgan fingerprint density at radius 3 is 2.51 bits per heavy atom. The number of pyridine rings is 1. The van der Waals surface area contributed by atoms with E-state index in [1.807, 2.05) is 25.8 Å². The minimum absolute atomic E-state index is 0.00751. The molecule has 1 fully saturated rings. The predicted molar refractivity (Wildman–Crippen MR) is 136 cm³/mol. The zero-order valence-electron chi connectivity index (χ0n) is 22.2. The lowest BCUT2D eigenvalue weighted by molar-refractivity contribution is 0.0646. The van der Waals surface area contributed by atoms with Crippen LogP contribution in [0.15, 0.2) is 35.0 Å². The van der Waals surface area contributed by atoms with Gasteiger partial charge in [-0.3, -0.25) is 24.1 Å². The van der Waals surface area contributed by atoms with Crippen molar-refractivity contribution < 1.29 is 32.2 Å². The zero-order valence-corrected chi connectivity index (χ0v) is 22.2. The van der Waals surface area contributed by atoms with Crippen LogP contribution < -0.4 is 20.5 Å². The SMILES string of the molecule is CCCCOc1c2n(cc(C(=O)NCc3c(F)cc(F)cc3F)c1=O)N1CN(C2=O)[C@@H](C)/C(=C/OC)C[C@H]1C. The molecule has 2 amide bonds. The summed E-state index contributed by atoms with van der Waals surface area (Å²) in [6.45, 7) is 5.45. The van der Waals surface area contributed by atoms with Crippen LogP contribution in [-0.4, -0.2) is 53.9 Å². The van der Waals surface area contributed by atoms with Gasteiger partial charge >= 0.3 is 0 Å². The van der Waals surface area contributed by atoms with Gasteiger partial charge in [0.1, 0.15) is 29.7 Å². The van der Waals surface area contributed by atoms with Crippen molar-refractivity contribution in [2.24, 2.45) is 0 Å². The van der Waals surface area contributed by atoms with Crippen LogP contribution in [0.3, 0.4) is 0 Å². The lowest BCUT2D eigenvalue weighted by Gasteiger charge is -2.42. The predicted octanol–water partition coefficient (Wildman–Crippen LogP) is 3.44. The first-order valence-corrected chi connectivity index (χ1v) is 12.7. The number of amides is 2. The molecule has 2 atom stereocenters. The Labute approximate surface area is 223 Å². The Hall–Kier alpha value is -3.96. The summed E-state index contributed by atoms with van der Waals surface area (Å²) in [5, 5.41) is 4.17. The van der Waals surface area contributed by atoms with Crippen LogP contribution in [0.25, 0.3) is 0 Å². The van der Waals surface area contributed by atoms with E-state index in [1.54, 1.807) is 11.2 Å². The molecule has 4 rings (SSSR count). The first-order valence-electron chi connectivity index (χ1n) is 12.7. The van der Waals surface area contributed by atoms with Gasteiger partial charge in [-0.15, -0.1) is 0 Å². The number of unbranched alkanes of at least 4 members (excludes halogenated alkanes) is 1. The third kappa shape index (κ3) is 5.32. The standard InChI is InChI=1S/C27H31F3N4O5/c1-5-6-7-39-25-23-27(37)32-14-34(15(2)8-17(13-38-4)16(32)3)33(23)12-20(24(25)35)26(36)31-11-19-21(29)9-18(28)10-22(19)30/h9-10,12-13,15-16H,5-8,11,14H2,1-4H3,(H,31,36)/b17-13+/t15-,16+/m1/s1. The van der Waals surface area contributed by atoms with Crippen LogP contribution in [0.1, 0.15) is 66.4 Å². The molecule has 1 aromatic heterocycles. The molecule has 210 valence electrons.